The molecule has 0 aliphatic rings. The Morgan fingerprint density at radius 1 is 1.11 bits per heavy atom. The number of carbonyl (C=O) groups excluding carboxylic acids is 1. The predicted molar refractivity (Wildman–Crippen MR) is 110 cm³/mol. The second-order valence-electron chi connectivity index (χ2n) is 6.36. The first-order valence-corrected chi connectivity index (χ1v) is 9.10. The summed E-state index contributed by atoms with van der Waals surface area (Å²) >= 11 is 6.00. The lowest BCUT2D eigenvalue weighted by atomic mass is 10.2. The van der Waals surface area contributed by atoms with Crippen LogP contribution in [-0.2, 0) is 4.79 Å². The third-order valence-electron chi connectivity index (χ3n) is 4.13. The molecule has 0 aliphatic carbocycles. The predicted octanol–water partition coefficient (Wildman–Crippen LogP) is 5.47. The van der Waals surface area contributed by atoms with Crippen LogP contribution in [0.2, 0.25) is 5.02 Å². The lowest BCUT2D eigenvalue weighted by Gasteiger charge is -2.08. The first-order chi connectivity index (χ1) is 13.6. The van der Waals surface area contributed by atoms with Gasteiger partial charge in [0.2, 0.25) is 5.89 Å². The van der Waals surface area contributed by atoms with E-state index in [0.29, 0.717) is 33.4 Å². The number of nitrogens with zero attached hydrogens (tertiary/aromatic N) is 1. The molecule has 4 aromatic rings. The maximum Gasteiger partial charge on any atom is 0.262 e. The Labute approximate surface area is 166 Å². The van der Waals surface area contributed by atoms with Gasteiger partial charge in [-0.05, 0) is 55.5 Å². The quantitative estimate of drug-likeness (QED) is 0.488. The topological polar surface area (TPSA) is 64.4 Å². The molecule has 0 aliphatic heterocycles. The summed E-state index contributed by atoms with van der Waals surface area (Å²) in [5.41, 5.74) is 3.86. The highest BCUT2D eigenvalue weighted by molar-refractivity contribution is 6.31. The molecule has 1 aromatic heterocycles. The smallest absolute Gasteiger partial charge is 0.262 e. The first kappa shape index (κ1) is 18.1. The van der Waals surface area contributed by atoms with Crippen LogP contribution in [0.15, 0.2) is 71.1 Å². The minimum atomic E-state index is -0.248. The van der Waals surface area contributed by atoms with Crippen LogP contribution in [0.3, 0.4) is 0 Å². The van der Waals surface area contributed by atoms with Gasteiger partial charge >= 0.3 is 0 Å². The molecule has 0 saturated heterocycles. The number of halogens is 1. The molecule has 4 rings (SSSR count). The van der Waals surface area contributed by atoms with Crippen molar-refractivity contribution in [3.8, 4) is 17.2 Å². The molecule has 0 fully saturated rings. The van der Waals surface area contributed by atoms with Crippen LogP contribution < -0.4 is 10.1 Å². The summed E-state index contributed by atoms with van der Waals surface area (Å²) in [5.74, 6) is 0.867. The summed E-state index contributed by atoms with van der Waals surface area (Å²) in [4.78, 5) is 16.6. The van der Waals surface area contributed by atoms with E-state index < -0.39 is 0 Å². The van der Waals surface area contributed by atoms with Gasteiger partial charge in [-0.15, -0.1) is 0 Å². The van der Waals surface area contributed by atoms with Gasteiger partial charge in [-0.1, -0.05) is 35.4 Å². The highest BCUT2D eigenvalue weighted by atomic mass is 35.5. The Kier molecular flexibility index (Phi) is 5.00. The summed E-state index contributed by atoms with van der Waals surface area (Å²) in [6, 6.07) is 20.1. The summed E-state index contributed by atoms with van der Waals surface area (Å²) in [6.45, 7) is 1.92. The van der Waals surface area contributed by atoms with E-state index in [9.17, 15) is 4.79 Å². The molecule has 0 bridgehead atoms. The zero-order valence-corrected chi connectivity index (χ0v) is 15.9. The van der Waals surface area contributed by atoms with E-state index in [1.54, 1.807) is 30.3 Å². The van der Waals surface area contributed by atoms with Gasteiger partial charge in [-0.3, -0.25) is 4.79 Å². The molecule has 1 amide bonds. The van der Waals surface area contributed by atoms with Crippen molar-refractivity contribution in [1.29, 1.82) is 0 Å². The number of hydrogen-bond acceptors (Lipinski definition) is 4. The minimum absolute atomic E-state index is 0.0747. The van der Waals surface area contributed by atoms with Gasteiger partial charge < -0.3 is 14.5 Å². The van der Waals surface area contributed by atoms with E-state index in [4.69, 9.17) is 20.8 Å². The number of oxazole rings is 1. The minimum Gasteiger partial charge on any atom is -0.484 e. The number of anilines is 1. The maximum atomic E-state index is 12.2. The van der Waals surface area contributed by atoms with Crippen LogP contribution >= 0.6 is 11.6 Å². The summed E-state index contributed by atoms with van der Waals surface area (Å²) in [6.07, 6.45) is 0. The molecule has 6 heteroatoms. The normalized spacial score (nSPS) is 10.8. The highest BCUT2D eigenvalue weighted by Gasteiger charge is 2.10. The molecule has 140 valence electrons. The van der Waals surface area contributed by atoms with Crippen molar-refractivity contribution >= 4 is 34.3 Å². The third-order valence-corrected chi connectivity index (χ3v) is 4.37. The number of benzene rings is 3. The zero-order valence-electron chi connectivity index (χ0n) is 15.1. The van der Waals surface area contributed by atoms with Crippen molar-refractivity contribution in [3.63, 3.8) is 0 Å². The number of nitrogens with one attached hydrogen (secondary N) is 1. The van der Waals surface area contributed by atoms with E-state index in [1.165, 1.54) is 0 Å². The lowest BCUT2D eigenvalue weighted by molar-refractivity contribution is -0.118. The van der Waals surface area contributed by atoms with E-state index in [-0.39, 0.29) is 12.5 Å². The number of ether oxygens (including phenoxy) is 1. The molecule has 28 heavy (non-hydrogen) atoms. The number of fused-ring (bicyclic) bond motifs is 1. The molecule has 1 heterocycles. The Balaban J connectivity index is 1.45. The van der Waals surface area contributed by atoms with Crippen LogP contribution in [-0.4, -0.2) is 17.5 Å². The number of aromatic nitrogens is 1. The van der Waals surface area contributed by atoms with Gasteiger partial charge in [0, 0.05) is 16.3 Å². The van der Waals surface area contributed by atoms with Crippen molar-refractivity contribution in [1.82, 2.24) is 4.98 Å². The fourth-order valence-electron chi connectivity index (χ4n) is 2.73. The van der Waals surface area contributed by atoms with Gasteiger partial charge in [-0.2, -0.15) is 0 Å². The van der Waals surface area contributed by atoms with E-state index >= 15 is 0 Å². The molecule has 3 aromatic carbocycles. The van der Waals surface area contributed by atoms with Gasteiger partial charge in [-0.25, -0.2) is 4.98 Å². The van der Waals surface area contributed by atoms with Crippen molar-refractivity contribution in [2.45, 2.75) is 6.92 Å². The number of amides is 1. The fourth-order valence-corrected chi connectivity index (χ4v) is 2.90. The van der Waals surface area contributed by atoms with Crippen LogP contribution in [0, 0.1) is 6.92 Å². The molecule has 0 saturated carbocycles. The van der Waals surface area contributed by atoms with Crippen LogP contribution in [0.1, 0.15) is 5.56 Å². The number of hydrogen-bond donors (Lipinski definition) is 1. The molecule has 0 atom stereocenters. The summed E-state index contributed by atoms with van der Waals surface area (Å²) in [7, 11) is 0. The molecular weight excluding hydrogens is 376 g/mol. The van der Waals surface area contributed by atoms with E-state index in [0.717, 1.165) is 11.1 Å². The number of rotatable bonds is 5. The second kappa shape index (κ2) is 7.74. The van der Waals surface area contributed by atoms with Crippen molar-refractivity contribution in [2.75, 3.05) is 11.9 Å². The lowest BCUT2D eigenvalue weighted by Crippen LogP contribution is -2.20. The standard InChI is InChI=1S/C22H17ClN2O3/c1-14-5-8-18(9-6-14)27-13-21(26)24-17-4-2-3-15(11-17)22-25-19-12-16(23)7-10-20(19)28-22/h2-12H,13H2,1H3,(H,24,26). The zero-order chi connectivity index (χ0) is 19.5. The van der Waals surface area contributed by atoms with Crippen molar-refractivity contribution in [3.05, 3.63) is 77.3 Å². The second-order valence-corrected chi connectivity index (χ2v) is 6.80. The Morgan fingerprint density at radius 2 is 1.93 bits per heavy atom. The van der Waals surface area contributed by atoms with Crippen LogP contribution in [0.5, 0.6) is 5.75 Å². The van der Waals surface area contributed by atoms with Gasteiger partial charge in [0.15, 0.2) is 12.2 Å². The molecule has 0 unspecified atom stereocenters. The van der Waals surface area contributed by atoms with Gasteiger partial charge in [0.05, 0.1) is 0 Å². The van der Waals surface area contributed by atoms with E-state index in [2.05, 4.69) is 10.3 Å². The number of aryl methyl sites for hydroxylation is 1. The van der Waals surface area contributed by atoms with E-state index in [1.807, 2.05) is 43.3 Å². The first-order valence-electron chi connectivity index (χ1n) is 8.73. The molecule has 1 N–H and O–H groups in total. The average molecular weight is 393 g/mol. The van der Waals surface area contributed by atoms with Gasteiger partial charge in [0.25, 0.3) is 5.91 Å². The van der Waals surface area contributed by atoms with Crippen molar-refractivity contribution < 1.29 is 13.9 Å². The fraction of sp³-hybridized carbons (Fsp3) is 0.0909. The highest BCUT2D eigenvalue weighted by Crippen LogP contribution is 2.27. The Morgan fingerprint density at radius 3 is 2.75 bits per heavy atom. The monoisotopic (exact) mass is 392 g/mol. The van der Waals surface area contributed by atoms with Crippen molar-refractivity contribution in [2.24, 2.45) is 0 Å². The largest absolute Gasteiger partial charge is 0.484 e. The van der Waals surface area contributed by atoms with Gasteiger partial charge in [0.1, 0.15) is 11.3 Å². The Hall–Kier alpha value is -3.31. The molecule has 0 radical (unpaired) electrons. The van der Waals surface area contributed by atoms with Crippen LogP contribution in [0.25, 0.3) is 22.6 Å². The average Bonchev–Trinajstić information content (AvgIpc) is 3.11. The maximum absolute atomic E-state index is 12.2. The molecule has 0 spiro atoms. The summed E-state index contributed by atoms with van der Waals surface area (Å²) in [5, 5.41) is 3.42. The summed E-state index contributed by atoms with van der Waals surface area (Å²) < 4.78 is 11.3. The van der Waals surface area contributed by atoms with Crippen LogP contribution in [0.4, 0.5) is 5.69 Å². The molecule has 5 nitrogen and oxygen atoms in total. The SMILES string of the molecule is Cc1ccc(OCC(=O)Nc2cccc(-c3nc4cc(Cl)ccc4o3)c2)cc1. The third kappa shape index (κ3) is 4.15. The number of carbonyl (C=O) groups is 1. The Bertz CT molecular complexity index is 1140. The molecular formula is C22H17ClN2O3.